The molecule has 0 saturated carbocycles. The molecule has 0 unspecified atom stereocenters. The van der Waals surface area contributed by atoms with Crippen molar-refractivity contribution in [2.75, 3.05) is 0 Å². The minimum Gasteiger partial charge on any atom is -0.486 e. The fourth-order valence-corrected chi connectivity index (χ4v) is 3.28. The SMILES string of the molecule is Cc1cc(C=O)cc(C)c1OCc1nc2ccccc2s1. The lowest BCUT2D eigenvalue weighted by atomic mass is 10.1. The molecule has 3 nitrogen and oxygen atoms in total. The third-order valence-electron chi connectivity index (χ3n) is 3.30. The number of thiazole rings is 1. The van der Waals surface area contributed by atoms with Gasteiger partial charge in [0.15, 0.2) is 0 Å². The molecule has 0 aliphatic rings. The van der Waals surface area contributed by atoms with Crippen LogP contribution in [0.5, 0.6) is 5.75 Å². The van der Waals surface area contributed by atoms with E-state index in [1.165, 1.54) is 4.70 Å². The van der Waals surface area contributed by atoms with Crippen molar-refractivity contribution in [1.82, 2.24) is 4.98 Å². The highest BCUT2D eigenvalue weighted by molar-refractivity contribution is 7.18. The highest BCUT2D eigenvalue weighted by Crippen LogP contribution is 2.27. The lowest BCUT2D eigenvalue weighted by Crippen LogP contribution is -1.99. The van der Waals surface area contributed by atoms with Gasteiger partial charge in [0, 0.05) is 5.56 Å². The van der Waals surface area contributed by atoms with Crippen molar-refractivity contribution in [1.29, 1.82) is 0 Å². The number of aryl methyl sites for hydroxylation is 2. The van der Waals surface area contributed by atoms with Crippen LogP contribution in [0.25, 0.3) is 10.2 Å². The smallest absolute Gasteiger partial charge is 0.150 e. The predicted molar refractivity (Wildman–Crippen MR) is 85.3 cm³/mol. The van der Waals surface area contributed by atoms with E-state index in [1.807, 2.05) is 44.2 Å². The van der Waals surface area contributed by atoms with E-state index >= 15 is 0 Å². The van der Waals surface area contributed by atoms with E-state index in [2.05, 4.69) is 11.1 Å². The summed E-state index contributed by atoms with van der Waals surface area (Å²) in [5.41, 5.74) is 3.62. The van der Waals surface area contributed by atoms with Crippen LogP contribution in [-0.4, -0.2) is 11.3 Å². The Kier molecular flexibility index (Phi) is 3.71. The summed E-state index contributed by atoms with van der Waals surface area (Å²) in [5, 5.41) is 0.953. The van der Waals surface area contributed by atoms with E-state index in [1.54, 1.807) is 11.3 Å². The number of carbonyl (C=O) groups is 1. The Morgan fingerprint density at radius 1 is 1.19 bits per heavy atom. The van der Waals surface area contributed by atoms with E-state index in [9.17, 15) is 4.79 Å². The summed E-state index contributed by atoms with van der Waals surface area (Å²) >= 11 is 1.64. The number of aldehydes is 1. The van der Waals surface area contributed by atoms with Gasteiger partial charge in [-0.1, -0.05) is 12.1 Å². The fourth-order valence-electron chi connectivity index (χ4n) is 2.40. The molecule has 0 N–H and O–H groups in total. The van der Waals surface area contributed by atoms with Crippen molar-refractivity contribution in [3.8, 4) is 5.75 Å². The third-order valence-corrected chi connectivity index (χ3v) is 4.31. The largest absolute Gasteiger partial charge is 0.486 e. The molecular formula is C17H15NO2S. The molecule has 1 heterocycles. The summed E-state index contributed by atoms with van der Waals surface area (Å²) in [4.78, 5) is 15.4. The quantitative estimate of drug-likeness (QED) is 0.674. The zero-order valence-electron chi connectivity index (χ0n) is 11.9. The molecule has 1 aromatic heterocycles. The number of nitrogens with zero attached hydrogens (tertiary/aromatic N) is 1. The fraction of sp³-hybridized carbons (Fsp3) is 0.176. The number of rotatable bonds is 4. The molecule has 3 aromatic rings. The summed E-state index contributed by atoms with van der Waals surface area (Å²) < 4.78 is 7.08. The van der Waals surface area contributed by atoms with Crippen LogP contribution in [0.4, 0.5) is 0 Å². The van der Waals surface area contributed by atoms with Crippen molar-refractivity contribution in [3.63, 3.8) is 0 Å². The molecule has 106 valence electrons. The van der Waals surface area contributed by atoms with Gasteiger partial charge in [0.25, 0.3) is 0 Å². The molecule has 2 aromatic carbocycles. The Morgan fingerprint density at radius 2 is 1.90 bits per heavy atom. The van der Waals surface area contributed by atoms with Gasteiger partial charge in [-0.15, -0.1) is 11.3 Å². The second-order valence-corrected chi connectivity index (χ2v) is 6.08. The molecule has 4 heteroatoms. The number of aromatic nitrogens is 1. The van der Waals surface area contributed by atoms with Gasteiger partial charge in [-0.05, 0) is 49.2 Å². The molecule has 0 amide bonds. The lowest BCUT2D eigenvalue weighted by Gasteiger charge is -2.11. The average molecular weight is 297 g/mol. The van der Waals surface area contributed by atoms with Gasteiger partial charge in [0.2, 0.25) is 0 Å². The second kappa shape index (κ2) is 5.66. The van der Waals surface area contributed by atoms with Crippen LogP contribution in [0, 0.1) is 13.8 Å². The van der Waals surface area contributed by atoms with E-state index in [-0.39, 0.29) is 0 Å². The van der Waals surface area contributed by atoms with Crippen molar-refractivity contribution in [3.05, 3.63) is 58.1 Å². The van der Waals surface area contributed by atoms with Crippen molar-refractivity contribution in [2.24, 2.45) is 0 Å². The predicted octanol–water partition coefficient (Wildman–Crippen LogP) is 4.30. The minimum absolute atomic E-state index is 0.446. The van der Waals surface area contributed by atoms with E-state index in [0.29, 0.717) is 12.2 Å². The van der Waals surface area contributed by atoms with Gasteiger partial charge in [-0.2, -0.15) is 0 Å². The van der Waals surface area contributed by atoms with Crippen LogP contribution in [0.15, 0.2) is 36.4 Å². The maximum Gasteiger partial charge on any atom is 0.150 e. The van der Waals surface area contributed by atoms with Crippen LogP contribution < -0.4 is 4.74 Å². The highest BCUT2D eigenvalue weighted by Gasteiger charge is 2.09. The summed E-state index contributed by atoms with van der Waals surface area (Å²) in [7, 11) is 0. The molecule has 0 saturated heterocycles. The lowest BCUT2D eigenvalue weighted by molar-refractivity contribution is 0.112. The second-order valence-electron chi connectivity index (χ2n) is 4.97. The van der Waals surface area contributed by atoms with E-state index in [4.69, 9.17) is 4.74 Å². The molecule has 0 bridgehead atoms. The van der Waals surface area contributed by atoms with Gasteiger partial charge in [0.05, 0.1) is 10.2 Å². The molecule has 0 spiro atoms. The average Bonchev–Trinajstić information content (AvgIpc) is 2.88. The number of carbonyl (C=O) groups excluding carboxylic acids is 1. The van der Waals surface area contributed by atoms with Gasteiger partial charge in [-0.25, -0.2) is 4.98 Å². The zero-order valence-corrected chi connectivity index (χ0v) is 12.7. The highest BCUT2D eigenvalue weighted by atomic mass is 32.1. The summed E-state index contributed by atoms with van der Waals surface area (Å²) in [6, 6.07) is 11.7. The van der Waals surface area contributed by atoms with Gasteiger partial charge in [0.1, 0.15) is 23.7 Å². The molecule has 0 radical (unpaired) electrons. The topological polar surface area (TPSA) is 39.2 Å². The normalized spacial score (nSPS) is 10.8. The van der Waals surface area contributed by atoms with Gasteiger partial charge in [-0.3, -0.25) is 4.79 Å². The molecule has 3 rings (SSSR count). The van der Waals surface area contributed by atoms with Gasteiger partial charge >= 0.3 is 0 Å². The number of benzene rings is 2. The molecular weight excluding hydrogens is 282 g/mol. The summed E-state index contributed by atoms with van der Waals surface area (Å²) in [6.45, 7) is 4.35. The van der Waals surface area contributed by atoms with Crippen molar-refractivity contribution < 1.29 is 9.53 Å². The van der Waals surface area contributed by atoms with Crippen LogP contribution in [0.3, 0.4) is 0 Å². The van der Waals surface area contributed by atoms with Crippen LogP contribution in [0.2, 0.25) is 0 Å². The standard InChI is InChI=1S/C17H15NO2S/c1-11-7-13(9-19)8-12(2)17(11)20-10-16-18-14-5-3-4-6-15(14)21-16/h3-9H,10H2,1-2H3. The molecule has 0 aliphatic heterocycles. The first-order chi connectivity index (χ1) is 10.2. The number of para-hydroxylation sites is 1. The maximum absolute atomic E-state index is 10.9. The van der Waals surface area contributed by atoms with Crippen LogP contribution >= 0.6 is 11.3 Å². The first-order valence-corrected chi connectivity index (χ1v) is 7.52. The summed E-state index contributed by atoms with van der Waals surface area (Å²) in [5.74, 6) is 0.833. The number of hydrogen-bond acceptors (Lipinski definition) is 4. The third kappa shape index (κ3) is 2.81. The Balaban J connectivity index is 1.82. The number of fused-ring (bicyclic) bond motifs is 1. The van der Waals surface area contributed by atoms with E-state index in [0.717, 1.165) is 33.7 Å². The molecule has 0 fully saturated rings. The Hall–Kier alpha value is -2.20. The molecule has 0 aliphatic carbocycles. The summed E-state index contributed by atoms with van der Waals surface area (Å²) in [6.07, 6.45) is 0.858. The molecule has 21 heavy (non-hydrogen) atoms. The Morgan fingerprint density at radius 3 is 2.57 bits per heavy atom. The minimum atomic E-state index is 0.446. The zero-order chi connectivity index (χ0) is 14.8. The number of hydrogen-bond donors (Lipinski definition) is 0. The monoisotopic (exact) mass is 297 g/mol. The first-order valence-electron chi connectivity index (χ1n) is 6.71. The van der Waals surface area contributed by atoms with Crippen molar-refractivity contribution in [2.45, 2.75) is 20.5 Å². The molecule has 0 atom stereocenters. The van der Waals surface area contributed by atoms with Crippen LogP contribution in [0.1, 0.15) is 26.5 Å². The first kappa shape index (κ1) is 13.8. The Labute approximate surface area is 127 Å². The maximum atomic E-state index is 10.9. The van der Waals surface area contributed by atoms with E-state index < -0.39 is 0 Å². The Bertz CT molecular complexity index is 751. The van der Waals surface area contributed by atoms with Crippen molar-refractivity contribution >= 4 is 27.8 Å². The van der Waals surface area contributed by atoms with Crippen LogP contribution in [-0.2, 0) is 6.61 Å². The van der Waals surface area contributed by atoms with Gasteiger partial charge < -0.3 is 4.74 Å². The number of ether oxygens (including phenoxy) is 1.